The molecule has 1 aromatic heterocycles. The zero-order chi connectivity index (χ0) is 19.4. The van der Waals surface area contributed by atoms with Gasteiger partial charge >= 0.3 is 5.97 Å². The Kier molecular flexibility index (Phi) is 5.16. The highest BCUT2D eigenvalue weighted by Gasteiger charge is 2.23. The number of carbonyl (C=O) groups is 1. The van der Waals surface area contributed by atoms with Gasteiger partial charge in [0.1, 0.15) is 11.4 Å². The number of hydrogen-bond acceptors (Lipinski definition) is 5. The molecule has 27 heavy (non-hydrogen) atoms. The number of benzene rings is 2. The minimum atomic E-state index is -0.588. The van der Waals surface area contributed by atoms with E-state index >= 15 is 0 Å². The van der Waals surface area contributed by atoms with Crippen LogP contribution in [0.5, 0.6) is 0 Å². The van der Waals surface area contributed by atoms with Gasteiger partial charge < -0.3 is 15.7 Å². The minimum absolute atomic E-state index is 0.0384. The molecule has 0 atom stereocenters. The Bertz CT molecular complexity index is 996. The van der Waals surface area contributed by atoms with Gasteiger partial charge in [0, 0.05) is 11.1 Å². The third-order valence-electron chi connectivity index (χ3n) is 3.91. The van der Waals surface area contributed by atoms with Gasteiger partial charge in [0.05, 0.1) is 24.2 Å². The van der Waals surface area contributed by atoms with Gasteiger partial charge in [-0.2, -0.15) is 5.10 Å². The van der Waals surface area contributed by atoms with E-state index in [-0.39, 0.29) is 29.3 Å². The summed E-state index contributed by atoms with van der Waals surface area (Å²) in [5.74, 6) is -1.11. The molecule has 2 aromatic carbocycles. The van der Waals surface area contributed by atoms with Crippen LogP contribution in [0.1, 0.15) is 22.8 Å². The Hall–Kier alpha value is -3.68. The fourth-order valence-corrected chi connectivity index (χ4v) is 2.65. The number of aromatic nitrogens is 2. The van der Waals surface area contributed by atoms with E-state index in [1.54, 1.807) is 49.4 Å². The van der Waals surface area contributed by atoms with Crippen LogP contribution in [-0.4, -0.2) is 33.4 Å². The standard InChI is InChI=1S/C19H17FN4O3/c1-2-27-19(25)15-11-22-24(17(15)14-5-3-4-6-16(14)20)13-9-7-12(8-10-13)18(21)23-26/h3-11,26H,2H2,1H3,(H2,21,23). The summed E-state index contributed by atoms with van der Waals surface area (Å²) >= 11 is 0. The smallest absolute Gasteiger partial charge is 0.342 e. The molecule has 0 bridgehead atoms. The van der Waals surface area contributed by atoms with Crippen molar-refractivity contribution in [2.75, 3.05) is 6.61 Å². The summed E-state index contributed by atoms with van der Waals surface area (Å²) in [4.78, 5) is 12.3. The summed E-state index contributed by atoms with van der Waals surface area (Å²) in [5, 5.41) is 16.0. The topological polar surface area (TPSA) is 103 Å². The van der Waals surface area contributed by atoms with E-state index in [1.165, 1.54) is 16.9 Å². The third-order valence-corrected chi connectivity index (χ3v) is 3.91. The molecule has 3 rings (SSSR count). The summed E-state index contributed by atoms with van der Waals surface area (Å²) in [6.07, 6.45) is 1.34. The number of oxime groups is 1. The first-order valence-electron chi connectivity index (χ1n) is 8.15. The number of halogens is 1. The van der Waals surface area contributed by atoms with E-state index in [2.05, 4.69) is 10.3 Å². The SMILES string of the molecule is CCOC(=O)c1cnn(-c2ccc(/C(N)=N/O)cc2)c1-c1ccccc1F. The second kappa shape index (κ2) is 7.69. The highest BCUT2D eigenvalue weighted by molar-refractivity contribution is 5.98. The highest BCUT2D eigenvalue weighted by Crippen LogP contribution is 2.29. The van der Waals surface area contributed by atoms with Gasteiger partial charge in [-0.1, -0.05) is 17.3 Å². The largest absolute Gasteiger partial charge is 0.462 e. The van der Waals surface area contributed by atoms with Gasteiger partial charge in [-0.05, 0) is 43.3 Å². The molecule has 1 heterocycles. The molecule has 7 nitrogen and oxygen atoms in total. The second-order valence-corrected chi connectivity index (χ2v) is 5.55. The van der Waals surface area contributed by atoms with Crippen molar-refractivity contribution >= 4 is 11.8 Å². The Balaban J connectivity index is 2.16. The van der Waals surface area contributed by atoms with Gasteiger partial charge in [0.2, 0.25) is 0 Å². The van der Waals surface area contributed by atoms with Crippen LogP contribution in [0, 0.1) is 5.82 Å². The molecule has 0 amide bonds. The summed E-state index contributed by atoms with van der Waals surface area (Å²) in [7, 11) is 0. The van der Waals surface area contributed by atoms with E-state index in [9.17, 15) is 9.18 Å². The van der Waals surface area contributed by atoms with Crippen LogP contribution in [0.25, 0.3) is 16.9 Å². The Labute approximate surface area is 154 Å². The van der Waals surface area contributed by atoms with Crippen molar-refractivity contribution in [2.24, 2.45) is 10.9 Å². The lowest BCUT2D eigenvalue weighted by Crippen LogP contribution is -2.13. The normalized spacial score (nSPS) is 11.4. The monoisotopic (exact) mass is 368 g/mol. The van der Waals surface area contributed by atoms with Gasteiger partial charge in [-0.3, -0.25) is 0 Å². The Morgan fingerprint density at radius 3 is 2.59 bits per heavy atom. The molecule has 0 aliphatic heterocycles. The Morgan fingerprint density at radius 1 is 1.26 bits per heavy atom. The van der Waals surface area contributed by atoms with Crippen molar-refractivity contribution < 1.29 is 19.1 Å². The number of esters is 1. The summed E-state index contributed by atoms with van der Waals surface area (Å²) in [6.45, 7) is 1.88. The van der Waals surface area contributed by atoms with E-state index in [0.29, 0.717) is 11.3 Å². The van der Waals surface area contributed by atoms with Gasteiger partial charge in [0.15, 0.2) is 5.84 Å². The first kappa shape index (κ1) is 18.1. The van der Waals surface area contributed by atoms with E-state index in [1.807, 2.05) is 0 Å². The second-order valence-electron chi connectivity index (χ2n) is 5.55. The number of carbonyl (C=O) groups excluding carboxylic acids is 1. The summed E-state index contributed by atoms with van der Waals surface area (Å²) < 4.78 is 21.0. The van der Waals surface area contributed by atoms with Crippen LogP contribution < -0.4 is 5.73 Å². The maximum Gasteiger partial charge on any atom is 0.342 e. The lowest BCUT2D eigenvalue weighted by molar-refractivity contribution is 0.0527. The predicted molar refractivity (Wildman–Crippen MR) is 97.4 cm³/mol. The molecular formula is C19H17FN4O3. The number of amidine groups is 1. The molecule has 0 saturated carbocycles. The van der Waals surface area contributed by atoms with Crippen molar-refractivity contribution in [2.45, 2.75) is 6.92 Å². The van der Waals surface area contributed by atoms with Gasteiger partial charge in [-0.15, -0.1) is 0 Å². The Morgan fingerprint density at radius 2 is 1.96 bits per heavy atom. The number of rotatable bonds is 5. The van der Waals surface area contributed by atoms with Crippen molar-refractivity contribution in [3.8, 4) is 16.9 Å². The molecule has 3 aromatic rings. The molecule has 0 saturated heterocycles. The zero-order valence-electron chi connectivity index (χ0n) is 14.5. The van der Waals surface area contributed by atoms with Gasteiger partial charge in [0.25, 0.3) is 0 Å². The zero-order valence-corrected chi connectivity index (χ0v) is 14.5. The van der Waals surface area contributed by atoms with Crippen LogP contribution in [0.4, 0.5) is 4.39 Å². The first-order chi connectivity index (χ1) is 13.1. The average Bonchev–Trinajstić information content (AvgIpc) is 3.13. The lowest BCUT2D eigenvalue weighted by Gasteiger charge is -2.11. The fourth-order valence-electron chi connectivity index (χ4n) is 2.65. The molecule has 0 aliphatic rings. The maximum atomic E-state index is 14.4. The number of hydrogen-bond donors (Lipinski definition) is 2. The van der Waals surface area contributed by atoms with Gasteiger partial charge in [-0.25, -0.2) is 13.9 Å². The molecule has 0 spiro atoms. The van der Waals surface area contributed by atoms with E-state index in [4.69, 9.17) is 15.7 Å². The number of nitrogens with zero attached hydrogens (tertiary/aromatic N) is 3. The van der Waals surface area contributed by atoms with Crippen LogP contribution in [0.15, 0.2) is 59.9 Å². The molecule has 0 aliphatic carbocycles. The maximum absolute atomic E-state index is 14.4. The predicted octanol–water partition coefficient (Wildman–Crippen LogP) is 2.95. The van der Waals surface area contributed by atoms with E-state index in [0.717, 1.165) is 0 Å². The molecule has 0 radical (unpaired) electrons. The quantitative estimate of drug-likeness (QED) is 0.237. The number of nitrogens with two attached hydrogens (primary N) is 1. The third kappa shape index (κ3) is 3.50. The molecule has 138 valence electrons. The van der Waals surface area contributed by atoms with Crippen LogP contribution in [-0.2, 0) is 4.74 Å². The summed E-state index contributed by atoms with van der Waals surface area (Å²) in [5.41, 5.74) is 7.30. The molecular weight excluding hydrogens is 351 g/mol. The van der Waals surface area contributed by atoms with Crippen molar-refractivity contribution in [3.05, 3.63) is 71.7 Å². The molecule has 8 heteroatoms. The highest BCUT2D eigenvalue weighted by atomic mass is 19.1. The molecule has 3 N–H and O–H groups in total. The average molecular weight is 368 g/mol. The van der Waals surface area contributed by atoms with Crippen LogP contribution >= 0.6 is 0 Å². The lowest BCUT2D eigenvalue weighted by atomic mass is 10.1. The molecule has 0 unspecified atom stereocenters. The summed E-state index contributed by atoms with van der Waals surface area (Å²) in [6, 6.07) is 12.7. The van der Waals surface area contributed by atoms with Crippen LogP contribution in [0.2, 0.25) is 0 Å². The van der Waals surface area contributed by atoms with Crippen molar-refractivity contribution in [1.29, 1.82) is 0 Å². The minimum Gasteiger partial charge on any atom is -0.462 e. The van der Waals surface area contributed by atoms with E-state index < -0.39 is 11.8 Å². The first-order valence-corrected chi connectivity index (χ1v) is 8.15. The molecule has 0 fully saturated rings. The number of ether oxygens (including phenoxy) is 1. The van der Waals surface area contributed by atoms with Crippen molar-refractivity contribution in [1.82, 2.24) is 9.78 Å². The van der Waals surface area contributed by atoms with Crippen molar-refractivity contribution in [3.63, 3.8) is 0 Å². The fraction of sp³-hybridized carbons (Fsp3) is 0.105. The van der Waals surface area contributed by atoms with Crippen LogP contribution in [0.3, 0.4) is 0 Å².